The van der Waals surface area contributed by atoms with Gasteiger partial charge in [-0.3, -0.25) is 9.59 Å². The number of benzene rings is 1. The Morgan fingerprint density at radius 3 is 2.82 bits per heavy atom. The van der Waals surface area contributed by atoms with Gasteiger partial charge in [-0.1, -0.05) is 11.6 Å². The first-order valence-corrected chi connectivity index (χ1v) is 9.32. The number of hydrogen-bond donors (Lipinski definition) is 2. The minimum atomic E-state index is -0.271. The molecular weight excluding hydrogens is 380 g/mol. The van der Waals surface area contributed by atoms with Crippen LogP contribution < -0.4 is 15.8 Å². The second-order valence-electron chi connectivity index (χ2n) is 6.65. The molecule has 1 aromatic carbocycles. The first kappa shape index (κ1) is 18.5. The fourth-order valence-electron chi connectivity index (χ4n) is 3.36. The molecule has 2 aromatic heterocycles. The second-order valence-corrected chi connectivity index (χ2v) is 7.04. The number of aromatic nitrogens is 2. The van der Waals surface area contributed by atoms with Crippen LogP contribution in [0.25, 0.3) is 10.9 Å². The maximum atomic E-state index is 13.0. The maximum Gasteiger partial charge on any atom is 0.257 e. The molecule has 28 heavy (non-hydrogen) atoms. The van der Waals surface area contributed by atoms with Crippen LogP contribution >= 0.6 is 11.6 Å². The highest BCUT2D eigenvalue weighted by Crippen LogP contribution is 2.25. The summed E-state index contributed by atoms with van der Waals surface area (Å²) in [6.45, 7) is 4.44. The summed E-state index contributed by atoms with van der Waals surface area (Å²) in [7, 11) is 0. The molecule has 8 heteroatoms. The zero-order valence-corrected chi connectivity index (χ0v) is 16.0. The molecule has 0 spiro atoms. The first-order valence-electron chi connectivity index (χ1n) is 8.94. The number of morpholine rings is 1. The number of pyridine rings is 2. The number of hydrogen-bond acceptors (Lipinski definition) is 5. The van der Waals surface area contributed by atoms with Gasteiger partial charge in [-0.2, -0.15) is 0 Å². The summed E-state index contributed by atoms with van der Waals surface area (Å²) >= 11 is 6.05. The molecular formula is C20H19ClN4O3. The van der Waals surface area contributed by atoms with Crippen molar-refractivity contribution in [2.24, 2.45) is 0 Å². The molecule has 0 aliphatic carbocycles. The number of amides is 1. The minimum absolute atomic E-state index is 0.150. The van der Waals surface area contributed by atoms with Crippen LogP contribution in [0, 0.1) is 6.92 Å². The van der Waals surface area contributed by atoms with Crippen LogP contribution in [-0.4, -0.2) is 42.2 Å². The lowest BCUT2D eigenvalue weighted by molar-refractivity contribution is 0.102. The highest BCUT2D eigenvalue weighted by molar-refractivity contribution is 6.30. The van der Waals surface area contributed by atoms with Crippen molar-refractivity contribution in [3.63, 3.8) is 0 Å². The van der Waals surface area contributed by atoms with Crippen LogP contribution in [-0.2, 0) is 4.74 Å². The maximum absolute atomic E-state index is 13.0. The fourth-order valence-corrected chi connectivity index (χ4v) is 3.52. The van der Waals surface area contributed by atoms with Crippen molar-refractivity contribution in [1.82, 2.24) is 9.97 Å². The number of nitrogens with zero attached hydrogens (tertiary/aromatic N) is 2. The Hall–Kier alpha value is -2.90. The van der Waals surface area contributed by atoms with Crippen molar-refractivity contribution in [1.29, 1.82) is 0 Å². The molecule has 3 aromatic rings. The molecule has 7 nitrogen and oxygen atoms in total. The normalized spacial score (nSPS) is 14.3. The Morgan fingerprint density at radius 2 is 2.04 bits per heavy atom. The van der Waals surface area contributed by atoms with Gasteiger partial charge in [0.15, 0.2) is 0 Å². The topological polar surface area (TPSA) is 87.3 Å². The number of ether oxygens (including phenoxy) is 1. The number of carbonyl (C=O) groups excluding carboxylic acids is 1. The number of H-pyrrole nitrogens is 1. The lowest BCUT2D eigenvalue weighted by Crippen LogP contribution is -2.37. The number of fused-ring (bicyclic) bond motifs is 1. The zero-order chi connectivity index (χ0) is 19.7. The lowest BCUT2D eigenvalue weighted by atomic mass is 10.1. The van der Waals surface area contributed by atoms with E-state index in [1.54, 1.807) is 24.4 Å². The van der Waals surface area contributed by atoms with Gasteiger partial charge in [0, 0.05) is 35.7 Å². The molecule has 4 rings (SSSR count). The van der Waals surface area contributed by atoms with Gasteiger partial charge in [-0.15, -0.1) is 0 Å². The minimum Gasteiger partial charge on any atom is -0.378 e. The molecule has 1 amide bonds. The van der Waals surface area contributed by atoms with E-state index < -0.39 is 0 Å². The van der Waals surface area contributed by atoms with E-state index in [2.05, 4.69) is 20.2 Å². The molecule has 1 fully saturated rings. The van der Waals surface area contributed by atoms with Gasteiger partial charge in [-0.25, -0.2) is 4.98 Å². The number of aryl methyl sites for hydroxylation is 1. The number of nitrogens with one attached hydrogen (secondary N) is 2. The van der Waals surface area contributed by atoms with Crippen molar-refractivity contribution in [2.45, 2.75) is 6.92 Å². The molecule has 0 bridgehead atoms. The molecule has 3 heterocycles. The highest BCUT2D eigenvalue weighted by atomic mass is 35.5. The smallest absolute Gasteiger partial charge is 0.257 e. The highest BCUT2D eigenvalue weighted by Gasteiger charge is 2.20. The Balaban J connectivity index is 1.66. The predicted octanol–water partition coefficient (Wildman–Crippen LogP) is 2.97. The van der Waals surface area contributed by atoms with Crippen molar-refractivity contribution >= 4 is 39.8 Å². The van der Waals surface area contributed by atoms with Crippen LogP contribution in [0.4, 0.5) is 11.4 Å². The van der Waals surface area contributed by atoms with Crippen molar-refractivity contribution in [3.8, 4) is 0 Å². The summed E-state index contributed by atoms with van der Waals surface area (Å²) in [4.78, 5) is 33.6. The Bertz CT molecular complexity index is 1110. The number of carbonyl (C=O) groups is 1. The number of halogens is 1. The number of aromatic amines is 1. The van der Waals surface area contributed by atoms with Gasteiger partial charge in [-0.05, 0) is 36.8 Å². The average Bonchev–Trinajstić information content (AvgIpc) is 2.69. The Morgan fingerprint density at radius 1 is 1.25 bits per heavy atom. The summed E-state index contributed by atoms with van der Waals surface area (Å²) < 4.78 is 5.39. The molecule has 1 aliphatic rings. The van der Waals surface area contributed by atoms with Crippen LogP contribution in [0.1, 0.15) is 15.9 Å². The van der Waals surface area contributed by atoms with E-state index in [-0.39, 0.29) is 16.6 Å². The van der Waals surface area contributed by atoms with Crippen molar-refractivity contribution in [3.05, 3.63) is 63.2 Å². The number of rotatable bonds is 3. The summed E-state index contributed by atoms with van der Waals surface area (Å²) in [5.41, 5.74) is 3.24. The SMILES string of the molecule is Cc1cc(=O)[nH]c2ccc(NC(=O)c3cc(Cl)ncc3N3CCOCC3)cc12. The molecule has 1 aliphatic heterocycles. The van der Waals surface area contributed by atoms with Gasteiger partial charge < -0.3 is 19.9 Å². The van der Waals surface area contributed by atoms with Gasteiger partial charge >= 0.3 is 0 Å². The third-order valence-corrected chi connectivity index (χ3v) is 4.96. The molecule has 1 saturated heterocycles. The first-order chi connectivity index (χ1) is 13.5. The standard InChI is InChI=1S/C20H19ClN4O3/c1-12-8-19(26)24-16-3-2-13(9-14(12)16)23-20(27)15-10-18(21)22-11-17(15)25-4-6-28-7-5-25/h2-3,8-11H,4-7H2,1H3,(H,23,27)(H,24,26). The molecule has 0 radical (unpaired) electrons. The molecule has 144 valence electrons. The molecule has 0 unspecified atom stereocenters. The Kier molecular flexibility index (Phi) is 5.02. The van der Waals surface area contributed by atoms with E-state index in [4.69, 9.17) is 16.3 Å². The number of anilines is 2. The Labute approximate surface area is 166 Å². The largest absolute Gasteiger partial charge is 0.378 e. The van der Waals surface area contributed by atoms with Gasteiger partial charge in [0.2, 0.25) is 5.56 Å². The fraction of sp³-hybridized carbons (Fsp3) is 0.250. The monoisotopic (exact) mass is 398 g/mol. The van der Waals surface area contributed by atoms with Crippen LogP contribution in [0.2, 0.25) is 5.15 Å². The molecule has 0 atom stereocenters. The van der Waals surface area contributed by atoms with Gasteiger partial charge in [0.25, 0.3) is 5.91 Å². The van der Waals surface area contributed by atoms with E-state index in [1.807, 2.05) is 13.0 Å². The van der Waals surface area contributed by atoms with E-state index in [0.717, 1.165) is 22.2 Å². The second kappa shape index (κ2) is 7.61. The van der Waals surface area contributed by atoms with Crippen LogP contribution in [0.3, 0.4) is 0 Å². The lowest BCUT2D eigenvalue weighted by Gasteiger charge is -2.30. The van der Waals surface area contributed by atoms with Crippen molar-refractivity contribution in [2.75, 3.05) is 36.5 Å². The third kappa shape index (κ3) is 3.72. The summed E-state index contributed by atoms with van der Waals surface area (Å²) in [6.07, 6.45) is 1.62. The molecule has 0 saturated carbocycles. The summed E-state index contributed by atoms with van der Waals surface area (Å²) in [6, 6.07) is 8.49. The molecule has 2 N–H and O–H groups in total. The van der Waals surface area contributed by atoms with E-state index in [1.165, 1.54) is 6.07 Å². The van der Waals surface area contributed by atoms with Crippen LogP contribution in [0.15, 0.2) is 41.3 Å². The zero-order valence-electron chi connectivity index (χ0n) is 15.3. The van der Waals surface area contributed by atoms with E-state index >= 15 is 0 Å². The van der Waals surface area contributed by atoms with Gasteiger partial charge in [0.1, 0.15) is 5.15 Å². The third-order valence-electron chi connectivity index (χ3n) is 4.75. The van der Waals surface area contributed by atoms with Crippen molar-refractivity contribution < 1.29 is 9.53 Å². The van der Waals surface area contributed by atoms with Gasteiger partial charge in [0.05, 0.1) is 30.7 Å². The summed E-state index contributed by atoms with van der Waals surface area (Å²) in [5, 5.41) is 4.06. The quantitative estimate of drug-likeness (QED) is 0.662. The predicted molar refractivity (Wildman–Crippen MR) is 110 cm³/mol. The van der Waals surface area contributed by atoms with Crippen LogP contribution in [0.5, 0.6) is 0 Å². The summed E-state index contributed by atoms with van der Waals surface area (Å²) in [5.74, 6) is -0.271. The van der Waals surface area contributed by atoms with E-state index in [0.29, 0.717) is 37.6 Å². The average molecular weight is 399 g/mol. The van der Waals surface area contributed by atoms with E-state index in [9.17, 15) is 9.59 Å².